The van der Waals surface area contributed by atoms with Crippen LogP contribution in [-0.4, -0.2) is 0 Å². The minimum absolute atomic E-state index is 0.0720. The van der Waals surface area contributed by atoms with E-state index in [0.717, 1.165) is 4.47 Å². The van der Waals surface area contributed by atoms with Crippen molar-refractivity contribution in [2.45, 2.75) is 38.8 Å². The second-order valence-corrected chi connectivity index (χ2v) is 5.98. The van der Waals surface area contributed by atoms with Gasteiger partial charge in [-0.2, -0.15) is 0 Å². The number of fused-ring (bicyclic) bond motifs is 1. The Hall–Kier alpha value is -0.340. The molecule has 1 heterocycles. The van der Waals surface area contributed by atoms with Crippen molar-refractivity contribution < 1.29 is 0 Å². The summed E-state index contributed by atoms with van der Waals surface area (Å²) in [6, 6.07) is 6.54. The predicted octanol–water partition coefficient (Wildman–Crippen LogP) is 3.52. The molecule has 0 saturated carbocycles. The monoisotopic (exact) mass is 253 g/mol. The summed E-state index contributed by atoms with van der Waals surface area (Å²) >= 11 is 3.53. The van der Waals surface area contributed by atoms with Gasteiger partial charge in [0.2, 0.25) is 0 Å². The van der Waals surface area contributed by atoms with Gasteiger partial charge in [0, 0.05) is 15.6 Å². The molecule has 14 heavy (non-hydrogen) atoms. The Labute approximate surface area is 94.0 Å². The molecule has 0 radical (unpaired) electrons. The van der Waals surface area contributed by atoms with Gasteiger partial charge in [0.05, 0.1) is 0 Å². The molecule has 1 aromatic carbocycles. The molecule has 1 aliphatic heterocycles. The molecular formula is C12H16BrN. The molecule has 1 aliphatic rings. The van der Waals surface area contributed by atoms with Crippen molar-refractivity contribution in [1.82, 2.24) is 5.32 Å². The van der Waals surface area contributed by atoms with Crippen molar-refractivity contribution in [2.24, 2.45) is 0 Å². The quantitative estimate of drug-likeness (QED) is 0.746. The fourth-order valence-electron chi connectivity index (χ4n) is 2.49. The lowest BCUT2D eigenvalue weighted by atomic mass is 9.91. The number of hydrogen-bond donors (Lipinski definition) is 1. The van der Waals surface area contributed by atoms with E-state index in [9.17, 15) is 0 Å². The third-order valence-corrected chi connectivity index (χ3v) is 3.45. The van der Waals surface area contributed by atoms with Crippen LogP contribution in [0.15, 0.2) is 22.7 Å². The first-order chi connectivity index (χ1) is 6.33. The Morgan fingerprint density at radius 3 is 2.21 bits per heavy atom. The molecular weight excluding hydrogens is 238 g/mol. The highest BCUT2D eigenvalue weighted by atomic mass is 79.9. The van der Waals surface area contributed by atoms with Crippen LogP contribution in [0.4, 0.5) is 0 Å². The van der Waals surface area contributed by atoms with Crippen molar-refractivity contribution in [3.8, 4) is 0 Å². The first-order valence-corrected chi connectivity index (χ1v) is 5.72. The lowest BCUT2D eigenvalue weighted by Crippen LogP contribution is -2.39. The number of benzene rings is 1. The van der Waals surface area contributed by atoms with E-state index in [1.807, 2.05) is 0 Å². The van der Waals surface area contributed by atoms with Gasteiger partial charge in [0.15, 0.2) is 0 Å². The van der Waals surface area contributed by atoms with E-state index >= 15 is 0 Å². The van der Waals surface area contributed by atoms with Crippen molar-refractivity contribution in [1.29, 1.82) is 0 Å². The van der Waals surface area contributed by atoms with Crippen LogP contribution < -0.4 is 5.32 Å². The zero-order chi connectivity index (χ0) is 10.6. The minimum Gasteiger partial charge on any atom is -0.299 e. The maximum Gasteiger partial charge on any atom is 0.0388 e. The van der Waals surface area contributed by atoms with E-state index in [1.54, 1.807) is 0 Å². The number of rotatable bonds is 0. The topological polar surface area (TPSA) is 12.0 Å². The van der Waals surface area contributed by atoms with E-state index in [1.165, 1.54) is 11.1 Å². The number of halogens is 1. The van der Waals surface area contributed by atoms with Gasteiger partial charge in [-0.15, -0.1) is 0 Å². The highest BCUT2D eigenvalue weighted by molar-refractivity contribution is 9.10. The van der Waals surface area contributed by atoms with E-state index in [0.29, 0.717) is 0 Å². The average molecular weight is 254 g/mol. The highest BCUT2D eigenvalue weighted by Gasteiger charge is 2.40. The van der Waals surface area contributed by atoms with Gasteiger partial charge in [-0.25, -0.2) is 0 Å². The Morgan fingerprint density at radius 1 is 1.00 bits per heavy atom. The summed E-state index contributed by atoms with van der Waals surface area (Å²) in [6.07, 6.45) is 0. The second-order valence-electron chi connectivity index (χ2n) is 5.06. The largest absolute Gasteiger partial charge is 0.299 e. The Balaban J connectivity index is 2.66. The normalized spacial score (nSPS) is 22.1. The molecule has 0 aliphatic carbocycles. The van der Waals surface area contributed by atoms with Gasteiger partial charge in [-0.3, -0.25) is 5.32 Å². The van der Waals surface area contributed by atoms with E-state index in [-0.39, 0.29) is 11.1 Å². The lowest BCUT2D eigenvalue weighted by Gasteiger charge is -2.25. The van der Waals surface area contributed by atoms with Gasteiger partial charge in [0.1, 0.15) is 0 Å². The molecule has 76 valence electrons. The molecule has 0 fully saturated rings. The maximum absolute atomic E-state index is 3.64. The van der Waals surface area contributed by atoms with E-state index in [2.05, 4.69) is 67.1 Å². The van der Waals surface area contributed by atoms with Gasteiger partial charge in [0.25, 0.3) is 0 Å². The van der Waals surface area contributed by atoms with Crippen molar-refractivity contribution in [2.75, 3.05) is 0 Å². The summed E-state index contributed by atoms with van der Waals surface area (Å²) in [5.41, 5.74) is 2.96. The molecule has 0 saturated heterocycles. The predicted molar refractivity (Wildman–Crippen MR) is 63.3 cm³/mol. The Morgan fingerprint density at radius 2 is 1.57 bits per heavy atom. The lowest BCUT2D eigenvalue weighted by molar-refractivity contribution is 0.319. The molecule has 0 unspecified atom stereocenters. The summed E-state index contributed by atoms with van der Waals surface area (Å²) in [5, 5.41) is 3.64. The van der Waals surface area contributed by atoms with Crippen LogP contribution in [0, 0.1) is 0 Å². The van der Waals surface area contributed by atoms with Crippen LogP contribution >= 0.6 is 15.9 Å². The Kier molecular flexibility index (Phi) is 2.06. The van der Waals surface area contributed by atoms with Crippen molar-refractivity contribution in [3.63, 3.8) is 0 Å². The van der Waals surface area contributed by atoms with E-state index in [4.69, 9.17) is 0 Å². The summed E-state index contributed by atoms with van der Waals surface area (Å²) in [5.74, 6) is 0. The third-order valence-electron chi connectivity index (χ3n) is 2.95. The van der Waals surface area contributed by atoms with Crippen LogP contribution in [-0.2, 0) is 11.1 Å². The fraction of sp³-hybridized carbons (Fsp3) is 0.500. The molecule has 0 spiro atoms. The molecule has 1 nitrogen and oxygen atoms in total. The van der Waals surface area contributed by atoms with Gasteiger partial charge >= 0.3 is 0 Å². The molecule has 0 bridgehead atoms. The zero-order valence-corrected chi connectivity index (χ0v) is 10.7. The molecule has 0 atom stereocenters. The second kappa shape index (κ2) is 2.83. The first-order valence-electron chi connectivity index (χ1n) is 4.93. The minimum atomic E-state index is 0.0720. The SMILES string of the molecule is CC1(C)NC(C)(C)c2cc(Br)ccc21. The van der Waals surface area contributed by atoms with Gasteiger partial charge in [-0.05, 0) is 51.0 Å². The van der Waals surface area contributed by atoms with Gasteiger partial charge < -0.3 is 0 Å². The maximum atomic E-state index is 3.64. The summed E-state index contributed by atoms with van der Waals surface area (Å²) in [6.45, 7) is 8.92. The standard InChI is InChI=1S/C12H16BrN/c1-11(2)9-6-5-8(13)7-10(9)12(3,4)14-11/h5-7,14H,1-4H3. The smallest absolute Gasteiger partial charge is 0.0388 e. The van der Waals surface area contributed by atoms with Crippen molar-refractivity contribution in [3.05, 3.63) is 33.8 Å². The molecule has 2 rings (SSSR count). The van der Waals surface area contributed by atoms with E-state index < -0.39 is 0 Å². The van der Waals surface area contributed by atoms with Gasteiger partial charge in [-0.1, -0.05) is 22.0 Å². The summed E-state index contributed by atoms with van der Waals surface area (Å²) < 4.78 is 1.16. The van der Waals surface area contributed by atoms with Crippen LogP contribution in [0.3, 0.4) is 0 Å². The zero-order valence-electron chi connectivity index (χ0n) is 9.11. The number of hydrogen-bond acceptors (Lipinski definition) is 1. The fourth-order valence-corrected chi connectivity index (χ4v) is 2.86. The third kappa shape index (κ3) is 1.41. The van der Waals surface area contributed by atoms with Crippen molar-refractivity contribution >= 4 is 15.9 Å². The molecule has 2 heteroatoms. The number of nitrogens with one attached hydrogen (secondary N) is 1. The molecule has 1 N–H and O–H groups in total. The highest BCUT2D eigenvalue weighted by Crippen LogP contribution is 2.41. The van der Waals surface area contributed by atoms with Crippen LogP contribution in [0.1, 0.15) is 38.8 Å². The van der Waals surface area contributed by atoms with Crippen LogP contribution in [0.5, 0.6) is 0 Å². The molecule has 0 aromatic heterocycles. The molecule has 1 aromatic rings. The first kappa shape index (κ1) is 10.2. The summed E-state index contributed by atoms with van der Waals surface area (Å²) in [7, 11) is 0. The Bertz CT molecular complexity index is 380. The molecule has 0 amide bonds. The summed E-state index contributed by atoms with van der Waals surface area (Å²) in [4.78, 5) is 0. The van der Waals surface area contributed by atoms with Crippen LogP contribution in [0.2, 0.25) is 0 Å². The average Bonchev–Trinajstić information content (AvgIpc) is 2.17. The van der Waals surface area contributed by atoms with Crippen LogP contribution in [0.25, 0.3) is 0 Å².